The van der Waals surface area contributed by atoms with Crippen molar-refractivity contribution in [2.45, 2.75) is 10.0 Å². The second-order valence-electron chi connectivity index (χ2n) is 11.5. The first kappa shape index (κ1) is 27.1. The van der Waals surface area contributed by atoms with E-state index in [1.165, 1.54) is 66.8 Å². The number of allylic oxidation sites excluding steroid dienone is 4. The van der Waals surface area contributed by atoms with Crippen LogP contribution in [0.25, 0.3) is 39.0 Å². The van der Waals surface area contributed by atoms with Crippen molar-refractivity contribution in [1.82, 2.24) is 0 Å². The van der Waals surface area contributed by atoms with Crippen molar-refractivity contribution in [3.05, 3.63) is 198 Å². The van der Waals surface area contributed by atoms with Gasteiger partial charge in [0, 0.05) is 0 Å². The molecular formula is C43H31Zr. The van der Waals surface area contributed by atoms with Gasteiger partial charge in [0.2, 0.25) is 0 Å². The van der Waals surface area contributed by atoms with Crippen LogP contribution < -0.4 is 0 Å². The Morgan fingerprint density at radius 3 is 1.61 bits per heavy atom. The number of fused-ring (bicyclic) bond motifs is 3. The van der Waals surface area contributed by atoms with Gasteiger partial charge in [0.05, 0.1) is 0 Å². The van der Waals surface area contributed by atoms with Crippen molar-refractivity contribution in [1.29, 1.82) is 0 Å². The molecule has 44 heavy (non-hydrogen) atoms. The first-order chi connectivity index (χ1) is 21.9. The van der Waals surface area contributed by atoms with Crippen molar-refractivity contribution in [3.63, 3.8) is 0 Å². The summed E-state index contributed by atoms with van der Waals surface area (Å²) >= 11 is -1.29. The summed E-state index contributed by atoms with van der Waals surface area (Å²) < 4.78 is 1.93. The van der Waals surface area contributed by atoms with E-state index in [0.717, 1.165) is 6.42 Å². The minimum atomic E-state index is -1.29. The van der Waals surface area contributed by atoms with Gasteiger partial charge in [-0.2, -0.15) is 0 Å². The van der Waals surface area contributed by atoms with E-state index in [9.17, 15) is 0 Å². The molecule has 2 aliphatic rings. The third-order valence-electron chi connectivity index (χ3n) is 8.87. The zero-order valence-electron chi connectivity index (χ0n) is 24.5. The maximum absolute atomic E-state index is 2.49. The summed E-state index contributed by atoms with van der Waals surface area (Å²) in [6, 6.07) is 56.1. The van der Waals surface area contributed by atoms with Crippen LogP contribution >= 0.6 is 0 Å². The Kier molecular flexibility index (Phi) is 7.35. The SMILES string of the molecule is C1=CCC(c2c(-c3ccccc3)cc(-c3ccccc3)c3c2[CH]([Zr]=[C](c2ccccc2)c2ccccc2)c2ccccc2-3)=C1. The second-order valence-corrected chi connectivity index (χ2v) is 14.8. The average molecular weight is 639 g/mol. The molecule has 1 unspecified atom stereocenters. The van der Waals surface area contributed by atoms with Crippen LogP contribution in [0.1, 0.15) is 37.9 Å². The summed E-state index contributed by atoms with van der Waals surface area (Å²) in [7, 11) is 0. The van der Waals surface area contributed by atoms with Crippen LogP contribution in [0.4, 0.5) is 0 Å². The molecule has 6 aromatic carbocycles. The van der Waals surface area contributed by atoms with Gasteiger partial charge in [0.1, 0.15) is 0 Å². The minimum absolute atomic E-state index is 0.378. The second kappa shape index (κ2) is 11.9. The van der Waals surface area contributed by atoms with Gasteiger partial charge in [-0.3, -0.25) is 0 Å². The van der Waals surface area contributed by atoms with Gasteiger partial charge in [-0.15, -0.1) is 0 Å². The van der Waals surface area contributed by atoms with Crippen molar-refractivity contribution in [3.8, 4) is 33.4 Å². The van der Waals surface area contributed by atoms with Gasteiger partial charge in [0.25, 0.3) is 0 Å². The molecule has 0 amide bonds. The Labute approximate surface area is 271 Å². The fraction of sp³-hybridized carbons (Fsp3) is 0.0465. The Morgan fingerprint density at radius 2 is 1.05 bits per heavy atom. The van der Waals surface area contributed by atoms with E-state index in [1.807, 2.05) is 0 Å². The first-order valence-electron chi connectivity index (χ1n) is 15.4. The average Bonchev–Trinajstić information content (AvgIpc) is 3.75. The summed E-state index contributed by atoms with van der Waals surface area (Å²) in [5.74, 6) is 0. The quantitative estimate of drug-likeness (QED) is 0.170. The Morgan fingerprint density at radius 1 is 0.523 bits per heavy atom. The van der Waals surface area contributed by atoms with E-state index in [4.69, 9.17) is 0 Å². The van der Waals surface area contributed by atoms with Crippen molar-refractivity contribution >= 4 is 8.78 Å². The van der Waals surface area contributed by atoms with Gasteiger partial charge in [0.15, 0.2) is 0 Å². The summed E-state index contributed by atoms with van der Waals surface area (Å²) in [4.78, 5) is 0. The van der Waals surface area contributed by atoms with Crippen LogP contribution in [0.5, 0.6) is 0 Å². The number of hydrogen-bond donors (Lipinski definition) is 0. The molecule has 0 radical (unpaired) electrons. The molecular weight excluding hydrogens is 608 g/mol. The fourth-order valence-corrected chi connectivity index (χ4v) is 11.3. The summed E-state index contributed by atoms with van der Waals surface area (Å²) in [5.41, 5.74) is 16.7. The predicted molar refractivity (Wildman–Crippen MR) is 182 cm³/mol. The molecule has 0 aliphatic heterocycles. The van der Waals surface area contributed by atoms with Crippen LogP contribution in [0.3, 0.4) is 0 Å². The van der Waals surface area contributed by atoms with Gasteiger partial charge >= 0.3 is 273 Å². The molecule has 0 fully saturated rings. The molecule has 0 aromatic heterocycles. The van der Waals surface area contributed by atoms with Crippen LogP contribution in [0.2, 0.25) is 0 Å². The molecule has 207 valence electrons. The molecule has 1 heteroatoms. The number of hydrogen-bond acceptors (Lipinski definition) is 0. The van der Waals surface area contributed by atoms with E-state index < -0.39 is 22.8 Å². The number of benzene rings is 6. The first-order valence-corrected chi connectivity index (χ1v) is 18.0. The van der Waals surface area contributed by atoms with Crippen LogP contribution in [0.15, 0.2) is 170 Å². The zero-order valence-corrected chi connectivity index (χ0v) is 26.9. The summed E-state index contributed by atoms with van der Waals surface area (Å²) in [6.45, 7) is 0. The number of rotatable bonds is 6. The Bertz CT molecular complexity index is 2010. The van der Waals surface area contributed by atoms with Gasteiger partial charge < -0.3 is 0 Å². The van der Waals surface area contributed by atoms with Gasteiger partial charge in [-0.1, -0.05) is 0 Å². The molecule has 0 spiro atoms. The molecule has 0 saturated heterocycles. The van der Waals surface area contributed by atoms with E-state index in [2.05, 4.69) is 170 Å². The summed E-state index contributed by atoms with van der Waals surface area (Å²) in [5, 5.41) is 0. The van der Waals surface area contributed by atoms with E-state index in [-0.39, 0.29) is 0 Å². The monoisotopic (exact) mass is 637 g/mol. The predicted octanol–water partition coefficient (Wildman–Crippen LogP) is 10.8. The van der Waals surface area contributed by atoms with E-state index in [1.54, 1.807) is 3.21 Å². The van der Waals surface area contributed by atoms with E-state index >= 15 is 0 Å². The molecule has 1 atom stereocenters. The van der Waals surface area contributed by atoms with Crippen molar-refractivity contribution < 1.29 is 22.8 Å². The third-order valence-corrected chi connectivity index (χ3v) is 13.2. The zero-order chi connectivity index (χ0) is 29.3. The summed E-state index contributed by atoms with van der Waals surface area (Å²) in [6.07, 6.45) is 7.88. The van der Waals surface area contributed by atoms with Crippen LogP contribution in [-0.4, -0.2) is 3.21 Å². The normalized spacial score (nSPS) is 14.5. The molecule has 8 rings (SSSR count). The fourth-order valence-electron chi connectivity index (χ4n) is 6.92. The topological polar surface area (TPSA) is 0 Å². The molecule has 0 saturated carbocycles. The standard InChI is InChI=1S/C30H21.C13H10.Zr/c1-3-11-21(12-4-1)26-20-27(22-13-5-2-6-14-22)30-25-18-10-9-17-24(25)19-28(30)29(26)23-15-7-8-16-23;1-3-7-12(8-4-1)11-13-9-5-2-6-10-13;/h1-15,17-20H,16H2;1-10H;. The molecule has 0 bridgehead atoms. The molecule has 0 nitrogen and oxygen atoms in total. The van der Waals surface area contributed by atoms with Crippen molar-refractivity contribution in [2.24, 2.45) is 0 Å². The Hall–Kier alpha value is -4.45. The maximum atomic E-state index is 2.49. The third kappa shape index (κ3) is 4.87. The molecule has 6 aromatic rings. The van der Waals surface area contributed by atoms with E-state index in [0.29, 0.717) is 3.63 Å². The van der Waals surface area contributed by atoms with Crippen molar-refractivity contribution in [2.75, 3.05) is 0 Å². The Balaban J connectivity index is 1.50. The van der Waals surface area contributed by atoms with Crippen LogP contribution in [-0.2, 0) is 22.8 Å². The van der Waals surface area contributed by atoms with Gasteiger partial charge in [-0.05, 0) is 0 Å². The molecule has 0 heterocycles. The van der Waals surface area contributed by atoms with Crippen LogP contribution in [0, 0.1) is 0 Å². The molecule has 2 aliphatic carbocycles. The van der Waals surface area contributed by atoms with Gasteiger partial charge in [-0.25, -0.2) is 0 Å². The molecule has 0 N–H and O–H groups in total.